The van der Waals surface area contributed by atoms with Gasteiger partial charge in [-0.3, -0.25) is 4.79 Å². The first-order valence-corrected chi connectivity index (χ1v) is 7.02. The highest BCUT2D eigenvalue weighted by molar-refractivity contribution is 9.11. The molecule has 1 aliphatic heterocycles. The molecule has 1 atom stereocenters. The Morgan fingerprint density at radius 3 is 3.00 bits per heavy atom. The number of carbonyl (C=O) groups excluding carboxylic acids is 1. The summed E-state index contributed by atoms with van der Waals surface area (Å²) in [5.74, 6) is 0.726. The predicted octanol–water partition coefficient (Wildman–Crippen LogP) is 1.86. The van der Waals surface area contributed by atoms with Gasteiger partial charge in [0.05, 0.1) is 10.2 Å². The van der Waals surface area contributed by atoms with Crippen molar-refractivity contribution in [3.63, 3.8) is 0 Å². The number of thiophene rings is 1. The van der Waals surface area contributed by atoms with Crippen molar-refractivity contribution in [2.45, 2.75) is 12.8 Å². The van der Waals surface area contributed by atoms with Gasteiger partial charge in [0, 0.05) is 18.0 Å². The molecule has 16 heavy (non-hydrogen) atoms. The van der Waals surface area contributed by atoms with Crippen LogP contribution in [0, 0.1) is 5.92 Å². The largest absolute Gasteiger partial charge is 0.342 e. The first-order valence-electron chi connectivity index (χ1n) is 5.41. The van der Waals surface area contributed by atoms with E-state index in [0.717, 1.165) is 28.2 Å². The molecule has 1 unspecified atom stereocenters. The molecule has 2 rings (SSSR count). The van der Waals surface area contributed by atoms with Crippen molar-refractivity contribution in [2.24, 2.45) is 11.7 Å². The van der Waals surface area contributed by atoms with E-state index >= 15 is 0 Å². The number of hydrogen-bond donors (Lipinski definition) is 1. The minimum atomic E-state index is 0.227. The fourth-order valence-electron chi connectivity index (χ4n) is 1.96. The highest BCUT2D eigenvalue weighted by Crippen LogP contribution is 2.23. The van der Waals surface area contributed by atoms with Gasteiger partial charge in [0.1, 0.15) is 0 Å². The molecule has 1 fully saturated rings. The first kappa shape index (κ1) is 12.1. The summed E-state index contributed by atoms with van der Waals surface area (Å²) in [5, 5.41) is 0. The molecule has 0 radical (unpaired) electrons. The van der Waals surface area contributed by atoms with E-state index in [1.165, 1.54) is 0 Å². The van der Waals surface area contributed by atoms with Gasteiger partial charge >= 0.3 is 0 Å². The Morgan fingerprint density at radius 2 is 2.44 bits per heavy atom. The van der Waals surface area contributed by atoms with Gasteiger partial charge in [-0.25, -0.2) is 0 Å². The number of hydrogen-bond acceptors (Lipinski definition) is 3. The maximum absolute atomic E-state index is 12.0. The van der Waals surface area contributed by atoms with Crippen LogP contribution in [0.2, 0.25) is 0 Å². The predicted molar refractivity (Wildman–Crippen MR) is 69.5 cm³/mol. The molecule has 0 spiro atoms. The summed E-state index contributed by atoms with van der Waals surface area (Å²) >= 11 is 5.03. The Hall–Kier alpha value is -0.390. The van der Waals surface area contributed by atoms with E-state index in [9.17, 15) is 4.79 Å². The molecule has 1 saturated heterocycles. The van der Waals surface area contributed by atoms with Crippen molar-refractivity contribution in [3.8, 4) is 0 Å². The fraction of sp³-hybridized carbons (Fsp3) is 0.545. The fourth-order valence-corrected chi connectivity index (χ4v) is 3.43. The molecule has 3 nitrogen and oxygen atoms in total. The standard InChI is InChI=1S/C11H15BrN2OS/c12-10-2-1-9(16-10)5-11(15)14-4-3-8(6-13)7-14/h1-2,8H,3-7,13H2. The van der Waals surface area contributed by atoms with Crippen molar-refractivity contribution in [1.82, 2.24) is 4.90 Å². The van der Waals surface area contributed by atoms with E-state index in [1.807, 2.05) is 17.0 Å². The molecule has 2 heterocycles. The van der Waals surface area contributed by atoms with Crippen LogP contribution in [0.25, 0.3) is 0 Å². The maximum atomic E-state index is 12.0. The van der Waals surface area contributed by atoms with E-state index in [0.29, 0.717) is 18.9 Å². The second-order valence-corrected chi connectivity index (χ2v) is 6.66. The van der Waals surface area contributed by atoms with E-state index < -0.39 is 0 Å². The van der Waals surface area contributed by atoms with Gasteiger partial charge in [-0.1, -0.05) is 0 Å². The summed E-state index contributed by atoms with van der Waals surface area (Å²) in [4.78, 5) is 15.0. The van der Waals surface area contributed by atoms with Crippen molar-refractivity contribution in [1.29, 1.82) is 0 Å². The molecule has 0 aliphatic carbocycles. The quantitative estimate of drug-likeness (QED) is 0.926. The van der Waals surface area contributed by atoms with Gasteiger partial charge in [0.2, 0.25) is 5.91 Å². The minimum Gasteiger partial charge on any atom is -0.342 e. The van der Waals surface area contributed by atoms with Gasteiger partial charge in [0.15, 0.2) is 0 Å². The Kier molecular flexibility index (Phi) is 4.00. The molecule has 2 N–H and O–H groups in total. The highest BCUT2D eigenvalue weighted by Gasteiger charge is 2.25. The average molecular weight is 303 g/mol. The number of halogens is 1. The van der Waals surface area contributed by atoms with E-state index in [1.54, 1.807) is 11.3 Å². The third kappa shape index (κ3) is 2.84. The zero-order valence-corrected chi connectivity index (χ0v) is 11.4. The Balaban J connectivity index is 1.89. The molecule has 5 heteroatoms. The SMILES string of the molecule is NCC1CCN(C(=O)Cc2ccc(Br)s2)C1. The lowest BCUT2D eigenvalue weighted by molar-refractivity contribution is -0.129. The molecule has 0 aromatic carbocycles. The van der Waals surface area contributed by atoms with Crippen molar-refractivity contribution >= 4 is 33.2 Å². The number of carbonyl (C=O) groups is 1. The molecular formula is C11H15BrN2OS. The molecular weight excluding hydrogens is 288 g/mol. The monoisotopic (exact) mass is 302 g/mol. The summed E-state index contributed by atoms with van der Waals surface area (Å²) in [6, 6.07) is 3.99. The Bertz CT molecular complexity index is 380. The van der Waals surface area contributed by atoms with Gasteiger partial charge in [-0.05, 0) is 46.9 Å². The summed E-state index contributed by atoms with van der Waals surface area (Å²) in [7, 11) is 0. The van der Waals surface area contributed by atoms with Crippen LogP contribution in [-0.2, 0) is 11.2 Å². The van der Waals surface area contributed by atoms with E-state index in [-0.39, 0.29) is 5.91 Å². The number of likely N-dealkylation sites (tertiary alicyclic amines) is 1. The lowest BCUT2D eigenvalue weighted by atomic mass is 10.1. The second kappa shape index (κ2) is 5.29. The molecule has 0 saturated carbocycles. The minimum absolute atomic E-state index is 0.227. The number of nitrogens with two attached hydrogens (primary N) is 1. The van der Waals surface area contributed by atoms with Crippen LogP contribution in [0.15, 0.2) is 15.9 Å². The molecule has 1 aromatic heterocycles. The van der Waals surface area contributed by atoms with E-state index in [2.05, 4.69) is 15.9 Å². The number of amides is 1. The van der Waals surface area contributed by atoms with Crippen molar-refractivity contribution in [3.05, 3.63) is 20.8 Å². The van der Waals surface area contributed by atoms with Crippen LogP contribution in [0.3, 0.4) is 0 Å². The maximum Gasteiger partial charge on any atom is 0.227 e. The first-order chi connectivity index (χ1) is 7.69. The topological polar surface area (TPSA) is 46.3 Å². The van der Waals surface area contributed by atoms with Crippen LogP contribution in [0.5, 0.6) is 0 Å². The summed E-state index contributed by atoms with van der Waals surface area (Å²) < 4.78 is 1.08. The van der Waals surface area contributed by atoms with Crippen LogP contribution in [-0.4, -0.2) is 30.4 Å². The average Bonchev–Trinajstić information content (AvgIpc) is 2.87. The lowest BCUT2D eigenvalue weighted by Gasteiger charge is -2.15. The van der Waals surface area contributed by atoms with Crippen LogP contribution in [0.1, 0.15) is 11.3 Å². The number of nitrogens with zero attached hydrogens (tertiary/aromatic N) is 1. The molecule has 1 aliphatic rings. The smallest absolute Gasteiger partial charge is 0.227 e. The molecule has 1 aromatic rings. The molecule has 0 bridgehead atoms. The summed E-state index contributed by atoms with van der Waals surface area (Å²) in [6.07, 6.45) is 1.57. The Morgan fingerprint density at radius 1 is 1.62 bits per heavy atom. The summed E-state index contributed by atoms with van der Waals surface area (Å²) in [6.45, 7) is 2.39. The summed E-state index contributed by atoms with van der Waals surface area (Å²) in [5.41, 5.74) is 5.61. The van der Waals surface area contributed by atoms with Crippen molar-refractivity contribution < 1.29 is 4.79 Å². The van der Waals surface area contributed by atoms with Crippen LogP contribution < -0.4 is 5.73 Å². The van der Waals surface area contributed by atoms with Gasteiger partial charge in [-0.2, -0.15) is 0 Å². The highest BCUT2D eigenvalue weighted by atomic mass is 79.9. The van der Waals surface area contributed by atoms with Gasteiger partial charge in [0.25, 0.3) is 0 Å². The number of rotatable bonds is 3. The Labute approximate surface area is 108 Å². The van der Waals surface area contributed by atoms with Crippen molar-refractivity contribution in [2.75, 3.05) is 19.6 Å². The van der Waals surface area contributed by atoms with Crippen LogP contribution in [0.4, 0.5) is 0 Å². The zero-order valence-electron chi connectivity index (χ0n) is 8.99. The normalized spacial score (nSPS) is 20.4. The molecule has 88 valence electrons. The third-order valence-corrected chi connectivity index (χ3v) is 4.55. The third-order valence-electron chi connectivity index (χ3n) is 2.93. The van der Waals surface area contributed by atoms with E-state index in [4.69, 9.17) is 5.73 Å². The van der Waals surface area contributed by atoms with Gasteiger partial charge < -0.3 is 10.6 Å². The zero-order chi connectivity index (χ0) is 11.5. The van der Waals surface area contributed by atoms with Crippen LogP contribution >= 0.6 is 27.3 Å². The second-order valence-electron chi connectivity index (χ2n) is 4.11. The lowest BCUT2D eigenvalue weighted by Crippen LogP contribution is -2.30. The molecule has 1 amide bonds. The van der Waals surface area contributed by atoms with Gasteiger partial charge in [-0.15, -0.1) is 11.3 Å².